The predicted molar refractivity (Wildman–Crippen MR) is 82.4 cm³/mol. The molecule has 0 radical (unpaired) electrons. The topological polar surface area (TPSA) is 58.2 Å². The van der Waals surface area contributed by atoms with E-state index in [9.17, 15) is 8.42 Å². The summed E-state index contributed by atoms with van der Waals surface area (Å²) in [6.45, 7) is 3.07. The molecule has 0 bridgehead atoms. The van der Waals surface area contributed by atoms with Crippen molar-refractivity contribution in [2.45, 2.75) is 43.9 Å². The largest absolute Gasteiger partial charge is 0.383 e. The Morgan fingerprint density at radius 2 is 1.85 bits per heavy atom. The van der Waals surface area contributed by atoms with Crippen molar-refractivity contribution in [2.75, 3.05) is 18.9 Å². The molecule has 5 heteroatoms. The molecule has 0 unspecified atom stereocenters. The van der Waals surface area contributed by atoms with Gasteiger partial charge in [0.1, 0.15) is 4.90 Å². The SMILES string of the molecule is CCC1(CNc2ccccc2S(=O)(=O)NC)CCCC1. The number of hydrogen-bond acceptors (Lipinski definition) is 3. The summed E-state index contributed by atoms with van der Waals surface area (Å²) in [5.41, 5.74) is 1.03. The van der Waals surface area contributed by atoms with Gasteiger partial charge in [-0.05, 0) is 43.9 Å². The molecule has 0 amide bonds. The summed E-state index contributed by atoms with van der Waals surface area (Å²) in [7, 11) is -1.97. The minimum Gasteiger partial charge on any atom is -0.383 e. The van der Waals surface area contributed by atoms with E-state index in [1.54, 1.807) is 12.1 Å². The molecule has 1 aromatic carbocycles. The van der Waals surface area contributed by atoms with Crippen molar-refractivity contribution in [1.82, 2.24) is 4.72 Å². The lowest BCUT2D eigenvalue weighted by molar-refractivity contribution is 0.306. The lowest BCUT2D eigenvalue weighted by atomic mass is 9.83. The standard InChI is InChI=1S/C15H24N2O2S/c1-3-15(10-6-7-11-15)12-17-13-8-4-5-9-14(13)20(18,19)16-2/h4-5,8-9,16-17H,3,6-7,10-12H2,1-2H3. The van der Waals surface area contributed by atoms with Crippen molar-refractivity contribution in [2.24, 2.45) is 5.41 Å². The van der Waals surface area contributed by atoms with Gasteiger partial charge in [0.05, 0.1) is 5.69 Å². The number of nitrogens with one attached hydrogen (secondary N) is 2. The number of hydrogen-bond donors (Lipinski definition) is 2. The van der Waals surface area contributed by atoms with E-state index in [0.29, 0.717) is 16.0 Å². The Morgan fingerprint density at radius 1 is 1.20 bits per heavy atom. The Labute approximate surface area is 122 Å². The van der Waals surface area contributed by atoms with E-state index in [1.165, 1.54) is 32.7 Å². The highest BCUT2D eigenvalue weighted by Gasteiger charge is 2.32. The zero-order chi connectivity index (χ0) is 14.6. The second-order valence-electron chi connectivity index (χ2n) is 5.62. The van der Waals surface area contributed by atoms with Crippen molar-refractivity contribution in [1.29, 1.82) is 0 Å². The summed E-state index contributed by atoms with van der Waals surface area (Å²) >= 11 is 0. The van der Waals surface area contributed by atoms with E-state index in [2.05, 4.69) is 17.0 Å². The van der Waals surface area contributed by atoms with Crippen LogP contribution in [-0.4, -0.2) is 22.0 Å². The van der Waals surface area contributed by atoms with Gasteiger partial charge in [-0.3, -0.25) is 0 Å². The van der Waals surface area contributed by atoms with Crippen LogP contribution in [0.25, 0.3) is 0 Å². The van der Waals surface area contributed by atoms with Gasteiger partial charge in [-0.2, -0.15) is 0 Å². The Kier molecular flexibility index (Phi) is 4.70. The molecule has 1 fully saturated rings. The van der Waals surface area contributed by atoms with Gasteiger partial charge < -0.3 is 5.32 Å². The van der Waals surface area contributed by atoms with Crippen LogP contribution >= 0.6 is 0 Å². The average molecular weight is 296 g/mol. The molecule has 0 aliphatic heterocycles. The normalized spacial score (nSPS) is 18.1. The Bertz CT molecular complexity index is 549. The lowest BCUT2D eigenvalue weighted by Crippen LogP contribution is -2.27. The average Bonchev–Trinajstić information content (AvgIpc) is 2.95. The molecule has 112 valence electrons. The van der Waals surface area contributed by atoms with Crippen molar-refractivity contribution < 1.29 is 8.42 Å². The van der Waals surface area contributed by atoms with Gasteiger partial charge in [0.25, 0.3) is 0 Å². The van der Waals surface area contributed by atoms with E-state index in [-0.39, 0.29) is 0 Å². The molecule has 1 saturated carbocycles. The molecule has 1 aromatic rings. The van der Waals surface area contributed by atoms with Gasteiger partial charge in [0.15, 0.2) is 0 Å². The first-order valence-electron chi connectivity index (χ1n) is 7.29. The lowest BCUT2D eigenvalue weighted by Gasteiger charge is -2.28. The minimum atomic E-state index is -3.41. The van der Waals surface area contributed by atoms with Crippen LogP contribution in [0, 0.1) is 5.41 Å². The van der Waals surface area contributed by atoms with Gasteiger partial charge >= 0.3 is 0 Å². The highest BCUT2D eigenvalue weighted by molar-refractivity contribution is 7.89. The molecule has 0 aromatic heterocycles. The molecule has 0 saturated heterocycles. The summed E-state index contributed by atoms with van der Waals surface area (Å²) in [4.78, 5) is 0.326. The van der Waals surface area contributed by atoms with Crippen LogP contribution in [0.1, 0.15) is 39.0 Å². The predicted octanol–water partition coefficient (Wildman–Crippen LogP) is 2.98. The fourth-order valence-electron chi connectivity index (χ4n) is 3.02. The monoisotopic (exact) mass is 296 g/mol. The number of benzene rings is 1. The van der Waals surface area contributed by atoms with Gasteiger partial charge in [0, 0.05) is 6.54 Å². The third-order valence-electron chi connectivity index (χ3n) is 4.51. The third-order valence-corrected chi connectivity index (χ3v) is 5.99. The van der Waals surface area contributed by atoms with Crippen LogP contribution in [0.15, 0.2) is 29.2 Å². The number of anilines is 1. The number of para-hydroxylation sites is 1. The van der Waals surface area contributed by atoms with Gasteiger partial charge in [-0.1, -0.05) is 31.9 Å². The maximum atomic E-state index is 12.0. The zero-order valence-electron chi connectivity index (χ0n) is 12.3. The van der Waals surface area contributed by atoms with Crippen LogP contribution in [0.4, 0.5) is 5.69 Å². The summed E-state index contributed by atoms with van der Waals surface area (Å²) < 4.78 is 26.4. The molecule has 0 atom stereocenters. The maximum Gasteiger partial charge on any atom is 0.242 e. The second-order valence-corrected chi connectivity index (χ2v) is 7.47. The summed E-state index contributed by atoms with van der Waals surface area (Å²) in [6, 6.07) is 7.09. The zero-order valence-corrected chi connectivity index (χ0v) is 13.1. The highest BCUT2D eigenvalue weighted by Crippen LogP contribution is 2.41. The molecule has 0 heterocycles. The Balaban J connectivity index is 2.18. The molecule has 1 aliphatic rings. The van der Waals surface area contributed by atoms with E-state index in [4.69, 9.17) is 0 Å². The number of rotatable bonds is 6. The van der Waals surface area contributed by atoms with Gasteiger partial charge in [-0.15, -0.1) is 0 Å². The van der Waals surface area contributed by atoms with Crippen LogP contribution in [0.3, 0.4) is 0 Å². The molecular formula is C15H24N2O2S. The van der Waals surface area contributed by atoms with Crippen molar-refractivity contribution in [3.63, 3.8) is 0 Å². The van der Waals surface area contributed by atoms with Crippen LogP contribution in [-0.2, 0) is 10.0 Å². The Morgan fingerprint density at radius 3 is 2.45 bits per heavy atom. The molecule has 2 rings (SSSR count). The Hall–Kier alpha value is -1.07. The van der Waals surface area contributed by atoms with Crippen LogP contribution in [0.5, 0.6) is 0 Å². The van der Waals surface area contributed by atoms with Crippen molar-refractivity contribution in [3.8, 4) is 0 Å². The van der Waals surface area contributed by atoms with Gasteiger partial charge in [-0.25, -0.2) is 13.1 Å². The second kappa shape index (κ2) is 6.14. The minimum absolute atomic E-state index is 0.326. The van der Waals surface area contributed by atoms with Crippen LogP contribution in [0.2, 0.25) is 0 Å². The fraction of sp³-hybridized carbons (Fsp3) is 0.600. The quantitative estimate of drug-likeness (QED) is 0.848. The summed E-state index contributed by atoms with van der Waals surface area (Å²) in [6.07, 6.45) is 6.17. The maximum absolute atomic E-state index is 12.0. The summed E-state index contributed by atoms with van der Waals surface area (Å²) in [5, 5.41) is 3.37. The highest BCUT2D eigenvalue weighted by atomic mass is 32.2. The molecule has 2 N–H and O–H groups in total. The van der Waals surface area contributed by atoms with E-state index in [0.717, 1.165) is 13.0 Å². The molecule has 1 aliphatic carbocycles. The van der Waals surface area contributed by atoms with E-state index < -0.39 is 10.0 Å². The molecule has 0 spiro atoms. The van der Waals surface area contributed by atoms with Gasteiger partial charge in [0.2, 0.25) is 10.0 Å². The van der Waals surface area contributed by atoms with E-state index >= 15 is 0 Å². The number of sulfonamides is 1. The third kappa shape index (κ3) is 3.15. The van der Waals surface area contributed by atoms with Crippen molar-refractivity contribution >= 4 is 15.7 Å². The van der Waals surface area contributed by atoms with Crippen LogP contribution < -0.4 is 10.0 Å². The smallest absolute Gasteiger partial charge is 0.242 e. The molecular weight excluding hydrogens is 272 g/mol. The first kappa shape index (κ1) is 15.3. The van der Waals surface area contributed by atoms with Crippen molar-refractivity contribution in [3.05, 3.63) is 24.3 Å². The first-order valence-corrected chi connectivity index (χ1v) is 8.78. The fourth-order valence-corrected chi connectivity index (χ4v) is 3.93. The summed E-state index contributed by atoms with van der Waals surface area (Å²) in [5.74, 6) is 0. The molecule has 4 nitrogen and oxygen atoms in total. The van der Waals surface area contributed by atoms with E-state index in [1.807, 2.05) is 12.1 Å². The first-order chi connectivity index (χ1) is 9.53. The molecule has 20 heavy (non-hydrogen) atoms.